The minimum absolute atomic E-state index is 0.0596. The Hall–Kier alpha value is -2.74. The number of nitrogen functional groups attached to an aromatic ring is 1. The molecular formula is C23H31N5O2S. The van der Waals surface area contributed by atoms with Crippen LogP contribution < -0.4 is 11.2 Å². The second-order valence-electron chi connectivity index (χ2n) is 8.79. The van der Waals surface area contributed by atoms with Gasteiger partial charge in [-0.15, -0.1) is 10.2 Å². The molecule has 0 saturated carbocycles. The first-order valence-corrected chi connectivity index (χ1v) is 11.3. The number of hydrogen-bond acceptors (Lipinski definition) is 6. The molecule has 2 heterocycles. The molecule has 8 heteroatoms. The van der Waals surface area contributed by atoms with Crippen molar-refractivity contribution in [3.8, 4) is 11.4 Å². The summed E-state index contributed by atoms with van der Waals surface area (Å²) < 4.78 is 6.68. The third kappa shape index (κ3) is 5.31. The number of nitrogens with zero attached hydrogens (tertiary/aromatic N) is 3. The lowest BCUT2D eigenvalue weighted by atomic mass is 9.83. The predicted octanol–water partition coefficient (Wildman–Crippen LogP) is 3.93. The van der Waals surface area contributed by atoms with E-state index in [0.717, 1.165) is 17.7 Å². The van der Waals surface area contributed by atoms with E-state index in [1.54, 1.807) is 12.3 Å². The normalized spacial score (nSPS) is 11.7. The smallest absolute Gasteiger partial charge is 0.230 e. The average Bonchev–Trinajstić information content (AvgIpc) is 3.26. The molecule has 166 valence electrons. The van der Waals surface area contributed by atoms with Gasteiger partial charge in [0, 0.05) is 6.54 Å². The van der Waals surface area contributed by atoms with Gasteiger partial charge in [0.2, 0.25) is 11.1 Å². The van der Waals surface area contributed by atoms with Crippen LogP contribution >= 0.6 is 11.8 Å². The number of amides is 1. The van der Waals surface area contributed by atoms with E-state index in [1.807, 2.05) is 6.92 Å². The van der Waals surface area contributed by atoms with Gasteiger partial charge in [-0.1, -0.05) is 44.7 Å². The Morgan fingerprint density at radius 2 is 1.87 bits per heavy atom. The van der Waals surface area contributed by atoms with Crippen molar-refractivity contribution in [1.82, 2.24) is 20.2 Å². The van der Waals surface area contributed by atoms with Crippen molar-refractivity contribution in [2.45, 2.75) is 58.5 Å². The van der Waals surface area contributed by atoms with E-state index >= 15 is 0 Å². The van der Waals surface area contributed by atoms with E-state index in [-0.39, 0.29) is 17.1 Å². The van der Waals surface area contributed by atoms with Crippen molar-refractivity contribution in [3.63, 3.8) is 0 Å². The second kappa shape index (κ2) is 9.18. The van der Waals surface area contributed by atoms with Crippen LogP contribution in [0.25, 0.3) is 11.4 Å². The van der Waals surface area contributed by atoms with Gasteiger partial charge in [0.1, 0.15) is 5.76 Å². The third-order valence-electron chi connectivity index (χ3n) is 5.36. The minimum Gasteiger partial charge on any atom is -0.469 e. The molecule has 3 aromatic rings. The number of nitrogens with one attached hydrogen (secondary N) is 1. The summed E-state index contributed by atoms with van der Waals surface area (Å²) in [5, 5.41) is 11.7. The Kier molecular flexibility index (Phi) is 6.79. The van der Waals surface area contributed by atoms with Crippen LogP contribution in [-0.2, 0) is 16.6 Å². The largest absolute Gasteiger partial charge is 0.469 e. The van der Waals surface area contributed by atoms with Gasteiger partial charge < -0.3 is 15.6 Å². The second-order valence-corrected chi connectivity index (χ2v) is 9.74. The molecule has 0 fully saturated rings. The number of benzene rings is 1. The van der Waals surface area contributed by atoms with Crippen LogP contribution in [0.2, 0.25) is 0 Å². The van der Waals surface area contributed by atoms with Gasteiger partial charge in [-0.25, -0.2) is 4.68 Å². The number of thioether (sulfide) groups is 1. The summed E-state index contributed by atoms with van der Waals surface area (Å²) in [6, 6.07) is 6.31. The maximum Gasteiger partial charge on any atom is 0.230 e. The van der Waals surface area contributed by atoms with Crippen LogP contribution in [0.5, 0.6) is 0 Å². The number of rotatable bonds is 7. The summed E-state index contributed by atoms with van der Waals surface area (Å²) in [5.41, 5.74) is 6.08. The van der Waals surface area contributed by atoms with Crippen LogP contribution in [0.1, 0.15) is 48.8 Å². The van der Waals surface area contributed by atoms with Crippen LogP contribution in [0.3, 0.4) is 0 Å². The zero-order chi connectivity index (χ0) is 22.8. The summed E-state index contributed by atoms with van der Waals surface area (Å²) in [6.07, 6.45) is 2.38. The van der Waals surface area contributed by atoms with E-state index in [2.05, 4.69) is 62.3 Å². The van der Waals surface area contributed by atoms with Crippen molar-refractivity contribution < 1.29 is 9.21 Å². The molecule has 0 bridgehead atoms. The average molecular weight is 442 g/mol. The number of hydrogen-bond donors (Lipinski definition) is 2. The highest BCUT2D eigenvalue weighted by atomic mass is 32.2. The maximum absolute atomic E-state index is 12.3. The summed E-state index contributed by atoms with van der Waals surface area (Å²) in [5.74, 6) is 7.49. The Balaban J connectivity index is 1.53. The van der Waals surface area contributed by atoms with Crippen LogP contribution in [0.4, 0.5) is 0 Å². The van der Waals surface area contributed by atoms with Crippen LogP contribution in [0.15, 0.2) is 34.0 Å². The van der Waals surface area contributed by atoms with Gasteiger partial charge in [-0.2, -0.15) is 0 Å². The molecule has 3 N–H and O–H groups in total. The molecule has 0 aliphatic heterocycles. The van der Waals surface area contributed by atoms with Gasteiger partial charge >= 0.3 is 0 Å². The van der Waals surface area contributed by atoms with Gasteiger partial charge in [0.15, 0.2) is 5.82 Å². The Morgan fingerprint density at radius 1 is 1.19 bits per heavy atom. The highest BCUT2D eigenvalue weighted by molar-refractivity contribution is 7.99. The standard InChI is InChI=1S/C23H31N5O2S/c1-14-11-17(23(4,5)6)12-15(2)18(14)7-9-25-20(29)13-31-22-27-26-21(28(22)24)19-8-10-30-16(19)3/h8,10-12H,7,9,13,24H2,1-6H3,(H,25,29). The zero-order valence-corrected chi connectivity index (χ0v) is 19.9. The van der Waals surface area contributed by atoms with E-state index in [0.29, 0.717) is 17.5 Å². The lowest BCUT2D eigenvalue weighted by Crippen LogP contribution is -2.28. The first-order valence-electron chi connectivity index (χ1n) is 10.3. The number of aromatic nitrogens is 3. The highest BCUT2D eigenvalue weighted by Gasteiger charge is 2.18. The molecule has 0 atom stereocenters. The topological polar surface area (TPSA) is 99.0 Å². The van der Waals surface area contributed by atoms with Crippen molar-refractivity contribution in [3.05, 3.63) is 52.5 Å². The van der Waals surface area contributed by atoms with Crippen LogP contribution in [-0.4, -0.2) is 33.1 Å². The first kappa shape index (κ1) is 22.9. The molecule has 0 radical (unpaired) electrons. The fourth-order valence-corrected chi connectivity index (χ4v) is 4.19. The molecule has 0 unspecified atom stereocenters. The van der Waals surface area contributed by atoms with Crippen LogP contribution in [0, 0.1) is 20.8 Å². The number of carbonyl (C=O) groups is 1. The third-order valence-corrected chi connectivity index (χ3v) is 6.30. The molecule has 0 aliphatic carbocycles. The Morgan fingerprint density at radius 3 is 2.45 bits per heavy atom. The van der Waals surface area contributed by atoms with Gasteiger partial charge in [-0.3, -0.25) is 4.79 Å². The lowest BCUT2D eigenvalue weighted by Gasteiger charge is -2.22. The van der Waals surface area contributed by atoms with Crippen molar-refractivity contribution in [2.24, 2.45) is 0 Å². The fraction of sp³-hybridized carbons (Fsp3) is 0.435. The van der Waals surface area contributed by atoms with Crippen molar-refractivity contribution >= 4 is 17.7 Å². The summed E-state index contributed by atoms with van der Waals surface area (Å²) in [7, 11) is 0. The van der Waals surface area contributed by atoms with E-state index in [9.17, 15) is 4.79 Å². The molecular weight excluding hydrogens is 410 g/mol. The lowest BCUT2D eigenvalue weighted by molar-refractivity contribution is -0.118. The molecule has 3 rings (SSSR count). The molecule has 0 aliphatic rings. The molecule has 2 aromatic heterocycles. The fourth-order valence-electron chi connectivity index (χ4n) is 3.50. The minimum atomic E-state index is -0.0596. The molecule has 1 amide bonds. The molecule has 7 nitrogen and oxygen atoms in total. The first-order chi connectivity index (χ1) is 14.6. The summed E-state index contributed by atoms with van der Waals surface area (Å²) in [4.78, 5) is 12.3. The SMILES string of the molecule is Cc1cc(C(C)(C)C)cc(C)c1CCNC(=O)CSc1nnc(-c2ccoc2C)n1N. The molecule has 0 saturated heterocycles. The summed E-state index contributed by atoms with van der Waals surface area (Å²) in [6.45, 7) is 13.4. The molecule has 31 heavy (non-hydrogen) atoms. The monoisotopic (exact) mass is 441 g/mol. The Labute approximate surface area is 187 Å². The number of aryl methyl sites for hydroxylation is 3. The number of carbonyl (C=O) groups excluding carboxylic acids is 1. The van der Waals surface area contributed by atoms with E-state index in [1.165, 1.54) is 38.7 Å². The predicted molar refractivity (Wildman–Crippen MR) is 125 cm³/mol. The van der Waals surface area contributed by atoms with E-state index in [4.69, 9.17) is 10.3 Å². The van der Waals surface area contributed by atoms with Gasteiger partial charge in [-0.05, 0) is 60.9 Å². The number of furan rings is 1. The summed E-state index contributed by atoms with van der Waals surface area (Å²) >= 11 is 1.26. The maximum atomic E-state index is 12.3. The van der Waals surface area contributed by atoms with Gasteiger partial charge in [0.25, 0.3) is 0 Å². The highest BCUT2D eigenvalue weighted by Crippen LogP contribution is 2.27. The van der Waals surface area contributed by atoms with E-state index < -0.39 is 0 Å². The molecule has 0 spiro atoms. The number of nitrogens with two attached hydrogens (primary N) is 1. The zero-order valence-electron chi connectivity index (χ0n) is 19.1. The quantitative estimate of drug-likeness (QED) is 0.426. The van der Waals surface area contributed by atoms with Gasteiger partial charge in [0.05, 0.1) is 17.6 Å². The van der Waals surface area contributed by atoms with Crippen molar-refractivity contribution in [1.29, 1.82) is 0 Å². The molecule has 1 aromatic carbocycles. The Bertz CT molecular complexity index is 1060. The van der Waals surface area contributed by atoms with Crippen molar-refractivity contribution in [2.75, 3.05) is 18.1 Å².